The maximum Gasteiger partial charge on any atom is 0.266 e. The predicted molar refractivity (Wildman–Crippen MR) is 90.1 cm³/mol. The van der Waals surface area contributed by atoms with Crippen LogP contribution in [0.25, 0.3) is 5.78 Å². The van der Waals surface area contributed by atoms with Crippen LogP contribution >= 0.6 is 0 Å². The van der Waals surface area contributed by atoms with Gasteiger partial charge in [0.2, 0.25) is 0 Å². The molecule has 3 aromatic rings. The van der Waals surface area contributed by atoms with Crippen molar-refractivity contribution in [1.29, 1.82) is 0 Å². The minimum Gasteiger partial charge on any atom is -0.332 e. The number of amides is 1. The molecule has 10 heteroatoms. The molecule has 3 heterocycles. The summed E-state index contributed by atoms with van der Waals surface area (Å²) in [7, 11) is 0. The number of aryl methyl sites for hydroxylation is 1. The molecule has 4 rings (SSSR count). The number of piperidine rings is 1. The number of benzene rings is 1. The summed E-state index contributed by atoms with van der Waals surface area (Å²) in [6, 6.07) is 4.22. The van der Waals surface area contributed by atoms with Crippen molar-refractivity contribution in [2.24, 2.45) is 0 Å². The van der Waals surface area contributed by atoms with Gasteiger partial charge in [0, 0.05) is 30.1 Å². The topological polar surface area (TPSA) is 63.4 Å². The van der Waals surface area contributed by atoms with Crippen LogP contribution in [0.15, 0.2) is 30.6 Å². The molecular weight excluding hydrogens is 378 g/mol. The highest BCUT2D eigenvalue weighted by atomic mass is 19.3. The predicted octanol–water partition coefficient (Wildman–Crippen LogP) is 2.98. The molecule has 2 aromatic heterocycles. The zero-order valence-electron chi connectivity index (χ0n) is 14.7. The second-order valence-electron chi connectivity index (χ2n) is 6.87. The highest BCUT2D eigenvalue weighted by Gasteiger charge is 2.43. The van der Waals surface area contributed by atoms with E-state index in [0.29, 0.717) is 17.5 Å². The van der Waals surface area contributed by atoms with Gasteiger partial charge in [0.05, 0.1) is 12.2 Å². The molecular formula is C18H15F4N5O. The summed E-state index contributed by atoms with van der Waals surface area (Å²) in [5.74, 6) is -6.71. The maximum atomic E-state index is 14.4. The molecule has 146 valence electrons. The number of alkyl halides is 2. The number of rotatable bonds is 2. The second-order valence-corrected chi connectivity index (χ2v) is 6.87. The van der Waals surface area contributed by atoms with E-state index in [1.165, 1.54) is 10.8 Å². The van der Waals surface area contributed by atoms with E-state index < -0.39 is 42.3 Å². The Kier molecular flexibility index (Phi) is 4.28. The van der Waals surface area contributed by atoms with Crippen LogP contribution < -0.4 is 0 Å². The van der Waals surface area contributed by atoms with E-state index in [2.05, 4.69) is 15.1 Å². The van der Waals surface area contributed by atoms with Crippen LogP contribution in [0.4, 0.5) is 17.6 Å². The van der Waals surface area contributed by atoms with Crippen LogP contribution in [0.2, 0.25) is 0 Å². The first-order valence-corrected chi connectivity index (χ1v) is 8.53. The monoisotopic (exact) mass is 393 g/mol. The van der Waals surface area contributed by atoms with Crippen molar-refractivity contribution in [1.82, 2.24) is 24.5 Å². The van der Waals surface area contributed by atoms with Gasteiger partial charge < -0.3 is 4.90 Å². The number of carbonyl (C=O) groups excluding carboxylic acids is 1. The Morgan fingerprint density at radius 2 is 2.00 bits per heavy atom. The van der Waals surface area contributed by atoms with Crippen LogP contribution in [-0.4, -0.2) is 49.4 Å². The molecule has 6 nitrogen and oxygen atoms in total. The Hall–Kier alpha value is -3.04. The minimum atomic E-state index is -3.15. The molecule has 1 fully saturated rings. The number of aromatic nitrogens is 4. The lowest BCUT2D eigenvalue weighted by Crippen LogP contribution is -2.49. The van der Waals surface area contributed by atoms with Crippen molar-refractivity contribution < 1.29 is 22.4 Å². The fourth-order valence-electron chi connectivity index (χ4n) is 3.51. The summed E-state index contributed by atoms with van der Waals surface area (Å²) in [6.45, 7) is 0.890. The van der Waals surface area contributed by atoms with E-state index >= 15 is 0 Å². The third-order valence-corrected chi connectivity index (χ3v) is 4.69. The van der Waals surface area contributed by atoms with Crippen molar-refractivity contribution in [2.75, 3.05) is 13.1 Å². The number of fused-ring (bicyclic) bond motifs is 1. The number of hydrogen-bond acceptors (Lipinski definition) is 4. The summed E-state index contributed by atoms with van der Waals surface area (Å²) in [4.78, 5) is 21.8. The van der Waals surface area contributed by atoms with Gasteiger partial charge in [0.15, 0.2) is 11.6 Å². The third-order valence-electron chi connectivity index (χ3n) is 4.69. The maximum absolute atomic E-state index is 14.4. The number of nitrogens with zero attached hydrogens (tertiary/aromatic N) is 5. The lowest BCUT2D eigenvalue weighted by Gasteiger charge is -2.37. The van der Waals surface area contributed by atoms with Crippen LogP contribution in [0.3, 0.4) is 0 Å². The highest BCUT2D eigenvalue weighted by molar-refractivity contribution is 5.94. The summed E-state index contributed by atoms with van der Waals surface area (Å²) >= 11 is 0. The van der Waals surface area contributed by atoms with Gasteiger partial charge in [-0.2, -0.15) is 10.1 Å². The molecule has 1 aliphatic heterocycles. The number of halogens is 4. The Balaban J connectivity index is 1.69. The first-order chi connectivity index (χ1) is 13.2. The molecule has 0 unspecified atom stereocenters. The number of likely N-dealkylation sites (tertiary alicyclic amines) is 1. The Bertz CT molecular complexity index is 1070. The average Bonchev–Trinajstić information content (AvgIpc) is 3.09. The number of hydrogen-bond donors (Lipinski definition) is 0. The van der Waals surface area contributed by atoms with Gasteiger partial charge >= 0.3 is 0 Å². The second kappa shape index (κ2) is 6.54. The lowest BCUT2D eigenvalue weighted by molar-refractivity contribution is -0.0641. The van der Waals surface area contributed by atoms with Gasteiger partial charge in [-0.25, -0.2) is 27.1 Å². The first-order valence-electron chi connectivity index (χ1n) is 8.53. The molecule has 0 bridgehead atoms. The fraction of sp³-hybridized carbons (Fsp3) is 0.333. The minimum absolute atomic E-state index is 0.0220. The van der Waals surface area contributed by atoms with E-state index in [1.807, 2.05) is 0 Å². The Morgan fingerprint density at radius 3 is 2.75 bits per heavy atom. The number of carbonyl (C=O) groups is 1. The highest BCUT2D eigenvalue weighted by Crippen LogP contribution is 2.36. The van der Waals surface area contributed by atoms with Gasteiger partial charge in [-0.05, 0) is 31.2 Å². The molecule has 1 atom stereocenters. The van der Waals surface area contributed by atoms with E-state index in [0.717, 1.165) is 17.0 Å². The van der Waals surface area contributed by atoms with Crippen molar-refractivity contribution in [3.63, 3.8) is 0 Å². The summed E-state index contributed by atoms with van der Waals surface area (Å²) in [5.41, 5.74) is 0.859. The van der Waals surface area contributed by atoms with Crippen LogP contribution in [0.5, 0.6) is 0 Å². The SMILES string of the molecule is Cc1cc([C@@H]2CN(C(=O)c3ccc(F)c(F)c3)CC(F)(F)C2)n2ncnc2n1. The summed E-state index contributed by atoms with van der Waals surface area (Å²) < 4.78 is 56.9. The quantitative estimate of drug-likeness (QED) is 0.628. The molecule has 1 aromatic carbocycles. The van der Waals surface area contributed by atoms with E-state index in [9.17, 15) is 22.4 Å². The molecule has 1 amide bonds. The van der Waals surface area contributed by atoms with Gasteiger partial charge in [0.25, 0.3) is 17.6 Å². The van der Waals surface area contributed by atoms with Gasteiger partial charge in [-0.1, -0.05) is 0 Å². The van der Waals surface area contributed by atoms with Crippen LogP contribution in [0.1, 0.15) is 34.1 Å². The molecule has 0 N–H and O–H groups in total. The molecule has 1 saturated heterocycles. The molecule has 1 aliphatic rings. The standard InChI is InChI=1S/C18H15F4N5O/c1-10-4-15(27-17(25-10)23-9-24-27)12-6-18(21,22)8-26(7-12)16(28)11-2-3-13(19)14(20)5-11/h2-5,9,12H,6-8H2,1H3/t12-/m0/s1. The first kappa shape index (κ1) is 18.3. The molecule has 0 saturated carbocycles. The Labute approximate surface area is 156 Å². The van der Waals surface area contributed by atoms with Crippen LogP contribution in [0, 0.1) is 18.6 Å². The van der Waals surface area contributed by atoms with E-state index in [1.54, 1.807) is 13.0 Å². The zero-order chi connectivity index (χ0) is 20.1. The van der Waals surface area contributed by atoms with Crippen molar-refractivity contribution >= 4 is 11.7 Å². The van der Waals surface area contributed by atoms with Crippen molar-refractivity contribution in [2.45, 2.75) is 25.2 Å². The average molecular weight is 393 g/mol. The van der Waals surface area contributed by atoms with Gasteiger partial charge in [-0.15, -0.1) is 0 Å². The Morgan fingerprint density at radius 1 is 1.21 bits per heavy atom. The van der Waals surface area contributed by atoms with E-state index in [4.69, 9.17) is 0 Å². The van der Waals surface area contributed by atoms with Crippen molar-refractivity contribution in [3.05, 3.63) is 59.2 Å². The van der Waals surface area contributed by atoms with Gasteiger partial charge in [0.1, 0.15) is 6.33 Å². The lowest BCUT2D eigenvalue weighted by atomic mass is 9.91. The van der Waals surface area contributed by atoms with Crippen LogP contribution in [-0.2, 0) is 0 Å². The summed E-state index contributed by atoms with van der Waals surface area (Å²) in [6.07, 6.45) is 0.795. The molecule has 28 heavy (non-hydrogen) atoms. The fourth-order valence-corrected chi connectivity index (χ4v) is 3.51. The van der Waals surface area contributed by atoms with Gasteiger partial charge in [-0.3, -0.25) is 4.79 Å². The molecule has 0 aliphatic carbocycles. The van der Waals surface area contributed by atoms with E-state index in [-0.39, 0.29) is 17.9 Å². The normalized spacial score (nSPS) is 19.2. The zero-order valence-corrected chi connectivity index (χ0v) is 14.7. The third kappa shape index (κ3) is 3.30. The van der Waals surface area contributed by atoms with Crippen molar-refractivity contribution in [3.8, 4) is 0 Å². The summed E-state index contributed by atoms with van der Waals surface area (Å²) in [5, 5.41) is 4.04. The molecule has 0 radical (unpaired) electrons. The smallest absolute Gasteiger partial charge is 0.266 e. The molecule has 0 spiro atoms. The largest absolute Gasteiger partial charge is 0.332 e.